The van der Waals surface area contributed by atoms with Gasteiger partial charge in [-0.05, 0) is 36.4 Å². The average Bonchev–Trinajstić information content (AvgIpc) is 2.66. The number of rotatable bonds is 6. The third-order valence-electron chi connectivity index (χ3n) is 4.01. The molecule has 0 N–H and O–H groups in total. The predicted octanol–water partition coefficient (Wildman–Crippen LogP) is 4.88. The Hall–Kier alpha value is -2.57. The quantitative estimate of drug-likeness (QED) is 0.587. The lowest BCUT2D eigenvalue weighted by Crippen LogP contribution is -2.31. The molecule has 0 aliphatic carbocycles. The number of hydrogen-bond acceptors (Lipinski definition) is 3. The molecule has 140 valence electrons. The fourth-order valence-corrected chi connectivity index (χ4v) is 4.39. The van der Waals surface area contributed by atoms with Crippen molar-refractivity contribution in [2.75, 3.05) is 11.4 Å². The van der Waals surface area contributed by atoms with Crippen molar-refractivity contribution in [1.82, 2.24) is 0 Å². The summed E-state index contributed by atoms with van der Waals surface area (Å²) in [7, 11) is -2.67. The number of benzene rings is 3. The number of ether oxygens (including phenoxy) is 1. The van der Waals surface area contributed by atoms with Gasteiger partial charge < -0.3 is 4.74 Å². The molecule has 3 rings (SSSR count). The second kappa shape index (κ2) is 7.98. The summed E-state index contributed by atoms with van der Waals surface area (Å²) in [5.74, 6) is -0.280. The van der Waals surface area contributed by atoms with Gasteiger partial charge in [-0.15, -0.1) is 0 Å². The summed E-state index contributed by atoms with van der Waals surface area (Å²) in [6.07, 6.45) is 0. The maximum atomic E-state index is 14.3. The average molecular weight is 406 g/mol. The standard InChI is InChI=1S/C20H17ClFNO3S/c1-26-19-11-4-2-7-15(19)14-23(17-9-6-8-16(21)13-17)27(24,25)20-12-5-3-10-18(20)22/h2-13H,14H2,1H3. The summed E-state index contributed by atoms with van der Waals surface area (Å²) in [4.78, 5) is -0.403. The Labute approximate surface area is 162 Å². The number of sulfonamides is 1. The first-order valence-corrected chi connectivity index (χ1v) is 9.90. The summed E-state index contributed by atoms with van der Waals surface area (Å²) in [6.45, 7) is -0.0407. The van der Waals surface area contributed by atoms with Gasteiger partial charge in [-0.2, -0.15) is 0 Å². The monoisotopic (exact) mass is 405 g/mol. The van der Waals surface area contributed by atoms with Gasteiger partial charge in [-0.25, -0.2) is 12.8 Å². The van der Waals surface area contributed by atoms with E-state index in [1.165, 1.54) is 31.4 Å². The van der Waals surface area contributed by atoms with E-state index < -0.39 is 20.7 Å². The zero-order valence-corrected chi connectivity index (χ0v) is 16.0. The molecule has 0 bridgehead atoms. The summed E-state index contributed by atoms with van der Waals surface area (Å²) >= 11 is 6.06. The first-order chi connectivity index (χ1) is 12.9. The van der Waals surface area contributed by atoms with Crippen molar-refractivity contribution in [3.63, 3.8) is 0 Å². The second-order valence-electron chi connectivity index (χ2n) is 5.73. The van der Waals surface area contributed by atoms with Crippen LogP contribution in [0.15, 0.2) is 77.7 Å². The van der Waals surface area contributed by atoms with Crippen molar-refractivity contribution < 1.29 is 17.5 Å². The van der Waals surface area contributed by atoms with Gasteiger partial charge >= 0.3 is 0 Å². The van der Waals surface area contributed by atoms with Crippen molar-refractivity contribution >= 4 is 27.3 Å². The lowest BCUT2D eigenvalue weighted by molar-refractivity contribution is 0.410. The number of anilines is 1. The molecule has 3 aromatic carbocycles. The summed E-state index contributed by atoms with van der Waals surface area (Å²) in [5.41, 5.74) is 0.969. The van der Waals surface area contributed by atoms with E-state index in [0.717, 1.165) is 10.4 Å². The highest BCUT2D eigenvalue weighted by Crippen LogP contribution is 2.31. The predicted molar refractivity (Wildman–Crippen MR) is 104 cm³/mol. The van der Waals surface area contributed by atoms with E-state index in [1.807, 2.05) is 0 Å². The fourth-order valence-electron chi connectivity index (χ4n) is 2.71. The topological polar surface area (TPSA) is 46.6 Å². The number of hydrogen-bond donors (Lipinski definition) is 0. The van der Waals surface area contributed by atoms with Gasteiger partial charge in [0.1, 0.15) is 16.5 Å². The molecular formula is C20H17ClFNO3S. The number of halogens is 2. The van der Waals surface area contributed by atoms with Crippen LogP contribution in [0.1, 0.15) is 5.56 Å². The molecule has 0 spiro atoms. The lowest BCUT2D eigenvalue weighted by Gasteiger charge is -2.25. The maximum Gasteiger partial charge on any atom is 0.267 e. The van der Waals surface area contributed by atoms with Crippen molar-refractivity contribution in [3.8, 4) is 5.75 Å². The van der Waals surface area contributed by atoms with Crippen molar-refractivity contribution in [2.45, 2.75) is 11.4 Å². The van der Waals surface area contributed by atoms with E-state index in [2.05, 4.69) is 0 Å². The van der Waals surface area contributed by atoms with E-state index in [-0.39, 0.29) is 6.54 Å². The fraction of sp³-hybridized carbons (Fsp3) is 0.100. The minimum atomic E-state index is -4.18. The molecule has 0 heterocycles. The Morgan fingerprint density at radius 2 is 1.70 bits per heavy atom. The van der Waals surface area contributed by atoms with Crippen LogP contribution in [-0.2, 0) is 16.6 Å². The number of methoxy groups -OCH3 is 1. The molecular weight excluding hydrogens is 389 g/mol. The third kappa shape index (κ3) is 4.07. The van der Waals surface area contributed by atoms with Crippen molar-refractivity contribution in [2.24, 2.45) is 0 Å². The molecule has 0 saturated carbocycles. The van der Waals surface area contributed by atoms with Gasteiger partial charge in [-0.3, -0.25) is 4.31 Å². The summed E-state index contributed by atoms with van der Waals surface area (Å²) < 4.78 is 47.3. The Kier molecular flexibility index (Phi) is 5.68. The molecule has 0 saturated heterocycles. The van der Waals surface area contributed by atoms with Crippen molar-refractivity contribution in [3.05, 3.63) is 89.2 Å². The van der Waals surface area contributed by atoms with Crippen LogP contribution in [-0.4, -0.2) is 15.5 Å². The molecule has 0 amide bonds. The second-order valence-corrected chi connectivity index (χ2v) is 8.00. The molecule has 0 aromatic heterocycles. The summed E-state index contributed by atoms with van der Waals surface area (Å²) in [6, 6.07) is 18.8. The van der Waals surface area contributed by atoms with Crippen LogP contribution in [0, 0.1) is 5.82 Å². The minimum absolute atomic E-state index is 0.0407. The van der Waals surface area contributed by atoms with Crippen molar-refractivity contribution in [1.29, 1.82) is 0 Å². The van der Waals surface area contributed by atoms with Crippen LogP contribution in [0.3, 0.4) is 0 Å². The first kappa shape index (κ1) is 19.2. The molecule has 27 heavy (non-hydrogen) atoms. The molecule has 0 radical (unpaired) electrons. The highest BCUT2D eigenvalue weighted by molar-refractivity contribution is 7.92. The Bertz CT molecular complexity index is 1060. The molecule has 0 aliphatic heterocycles. The van der Waals surface area contributed by atoms with Gasteiger partial charge in [0.2, 0.25) is 0 Å². The van der Waals surface area contributed by atoms with Gasteiger partial charge in [-0.1, -0.05) is 48.0 Å². The van der Waals surface area contributed by atoms with Gasteiger partial charge in [0.15, 0.2) is 0 Å². The van der Waals surface area contributed by atoms with E-state index in [0.29, 0.717) is 22.0 Å². The summed E-state index contributed by atoms with van der Waals surface area (Å²) in [5, 5.41) is 0.376. The zero-order valence-electron chi connectivity index (χ0n) is 14.5. The van der Waals surface area contributed by atoms with Crippen LogP contribution in [0.25, 0.3) is 0 Å². The zero-order chi connectivity index (χ0) is 19.4. The highest BCUT2D eigenvalue weighted by atomic mass is 35.5. The van der Waals surface area contributed by atoms with E-state index >= 15 is 0 Å². The van der Waals surface area contributed by atoms with Gasteiger partial charge in [0, 0.05) is 10.6 Å². The molecule has 7 heteroatoms. The maximum absolute atomic E-state index is 14.3. The molecule has 4 nitrogen and oxygen atoms in total. The highest BCUT2D eigenvalue weighted by Gasteiger charge is 2.28. The van der Waals surface area contributed by atoms with E-state index in [1.54, 1.807) is 42.5 Å². The Morgan fingerprint density at radius 1 is 1.00 bits per heavy atom. The third-order valence-corrected chi connectivity index (χ3v) is 6.05. The van der Waals surface area contributed by atoms with Crippen LogP contribution in [0.5, 0.6) is 5.75 Å². The molecule has 0 unspecified atom stereocenters. The molecule has 0 atom stereocenters. The Balaban J connectivity index is 2.15. The SMILES string of the molecule is COc1ccccc1CN(c1cccc(Cl)c1)S(=O)(=O)c1ccccc1F. The minimum Gasteiger partial charge on any atom is -0.496 e. The van der Waals surface area contributed by atoms with Gasteiger partial charge in [0.25, 0.3) is 10.0 Å². The van der Waals surface area contributed by atoms with Crippen LogP contribution in [0.4, 0.5) is 10.1 Å². The molecule has 0 aliphatic rings. The normalized spacial score (nSPS) is 11.2. The number of para-hydroxylation sites is 1. The first-order valence-electron chi connectivity index (χ1n) is 8.08. The van der Waals surface area contributed by atoms with E-state index in [4.69, 9.17) is 16.3 Å². The van der Waals surface area contributed by atoms with Crippen LogP contribution >= 0.6 is 11.6 Å². The van der Waals surface area contributed by atoms with Crippen LogP contribution in [0.2, 0.25) is 5.02 Å². The van der Waals surface area contributed by atoms with Gasteiger partial charge in [0.05, 0.1) is 19.3 Å². The largest absolute Gasteiger partial charge is 0.496 e. The molecule has 0 fully saturated rings. The lowest BCUT2D eigenvalue weighted by atomic mass is 10.2. The number of nitrogens with zero attached hydrogens (tertiary/aromatic N) is 1. The smallest absolute Gasteiger partial charge is 0.267 e. The Morgan fingerprint density at radius 3 is 2.41 bits per heavy atom. The molecule has 3 aromatic rings. The van der Waals surface area contributed by atoms with E-state index in [9.17, 15) is 12.8 Å². The van der Waals surface area contributed by atoms with Crippen LogP contribution < -0.4 is 9.04 Å².